The van der Waals surface area contributed by atoms with Gasteiger partial charge in [0.25, 0.3) is 0 Å². The van der Waals surface area contributed by atoms with Crippen LogP contribution in [0.3, 0.4) is 0 Å². The molecule has 106 valence electrons. The number of nitrogens with two attached hydrogens (primary N) is 1. The van der Waals surface area contributed by atoms with E-state index in [2.05, 4.69) is 0 Å². The van der Waals surface area contributed by atoms with Crippen molar-refractivity contribution in [3.63, 3.8) is 0 Å². The molecule has 1 aromatic rings. The summed E-state index contributed by atoms with van der Waals surface area (Å²) in [5, 5.41) is 0. The van der Waals surface area contributed by atoms with Crippen molar-refractivity contribution in [1.29, 1.82) is 0 Å². The molecule has 5 nitrogen and oxygen atoms in total. The average molecular weight is 284 g/mol. The zero-order chi connectivity index (χ0) is 14.0. The summed E-state index contributed by atoms with van der Waals surface area (Å²) in [5.74, 6) is 0. The van der Waals surface area contributed by atoms with Gasteiger partial charge in [-0.05, 0) is 37.5 Å². The number of rotatable bonds is 6. The molecule has 2 rings (SSSR count). The number of sulfonamides is 1. The fourth-order valence-corrected chi connectivity index (χ4v) is 3.66. The molecule has 1 aliphatic rings. The Kier molecular flexibility index (Phi) is 4.13. The molecule has 1 saturated carbocycles. The lowest BCUT2D eigenvalue weighted by Gasteiger charge is -2.21. The maximum atomic E-state index is 12.6. The molecule has 1 aromatic carbocycles. The van der Waals surface area contributed by atoms with E-state index in [1.54, 1.807) is 19.2 Å². The van der Waals surface area contributed by atoms with Crippen LogP contribution in [0.1, 0.15) is 18.4 Å². The molecule has 1 aliphatic carbocycles. The van der Waals surface area contributed by atoms with E-state index in [1.165, 1.54) is 10.4 Å². The average Bonchev–Trinajstić information content (AvgIpc) is 3.17. The van der Waals surface area contributed by atoms with Crippen LogP contribution in [0.4, 0.5) is 5.69 Å². The van der Waals surface area contributed by atoms with E-state index >= 15 is 0 Å². The van der Waals surface area contributed by atoms with Crippen molar-refractivity contribution >= 4 is 15.7 Å². The third kappa shape index (κ3) is 3.08. The second-order valence-corrected chi connectivity index (χ2v) is 6.75. The standard InChI is InChI=1S/C13H20N2O3S/c1-10-3-6-12(9-13(10)14)19(16,17)15(7-8-18-2)11-4-5-11/h3,6,9,11H,4-5,7-8,14H2,1-2H3. The third-order valence-electron chi connectivity index (χ3n) is 3.33. The molecule has 1 fully saturated rings. The predicted octanol–water partition coefficient (Wildman–Crippen LogP) is 1.38. The van der Waals surface area contributed by atoms with Gasteiger partial charge < -0.3 is 10.5 Å². The van der Waals surface area contributed by atoms with Crippen LogP contribution in [0, 0.1) is 6.92 Å². The highest BCUT2D eigenvalue weighted by atomic mass is 32.2. The van der Waals surface area contributed by atoms with Crippen molar-refractivity contribution < 1.29 is 13.2 Å². The second-order valence-electron chi connectivity index (χ2n) is 4.86. The first-order valence-electron chi connectivity index (χ1n) is 6.33. The van der Waals surface area contributed by atoms with Crippen LogP contribution < -0.4 is 5.73 Å². The van der Waals surface area contributed by atoms with Crippen molar-refractivity contribution in [1.82, 2.24) is 4.31 Å². The molecule has 0 aromatic heterocycles. The van der Waals surface area contributed by atoms with E-state index in [1.807, 2.05) is 6.92 Å². The zero-order valence-electron chi connectivity index (χ0n) is 11.3. The highest BCUT2D eigenvalue weighted by Gasteiger charge is 2.37. The Balaban J connectivity index is 2.30. The van der Waals surface area contributed by atoms with Gasteiger partial charge in [-0.3, -0.25) is 0 Å². The van der Waals surface area contributed by atoms with Gasteiger partial charge in [0, 0.05) is 25.4 Å². The van der Waals surface area contributed by atoms with Crippen LogP contribution in [-0.4, -0.2) is 39.0 Å². The van der Waals surface area contributed by atoms with Crippen molar-refractivity contribution in [3.8, 4) is 0 Å². The van der Waals surface area contributed by atoms with Gasteiger partial charge in [-0.2, -0.15) is 4.31 Å². The van der Waals surface area contributed by atoms with Crippen LogP contribution in [-0.2, 0) is 14.8 Å². The van der Waals surface area contributed by atoms with Gasteiger partial charge in [-0.15, -0.1) is 0 Å². The normalized spacial score (nSPS) is 15.9. The summed E-state index contributed by atoms with van der Waals surface area (Å²) in [5.41, 5.74) is 7.19. The molecule has 0 saturated heterocycles. The molecule has 2 N–H and O–H groups in total. The lowest BCUT2D eigenvalue weighted by molar-refractivity contribution is 0.177. The number of nitrogen functional groups attached to an aromatic ring is 1. The maximum absolute atomic E-state index is 12.6. The SMILES string of the molecule is COCCN(C1CC1)S(=O)(=O)c1ccc(C)c(N)c1. The van der Waals surface area contributed by atoms with Crippen molar-refractivity contribution in [2.24, 2.45) is 0 Å². The molecular formula is C13H20N2O3S. The van der Waals surface area contributed by atoms with Crippen LogP contribution in [0.15, 0.2) is 23.1 Å². The minimum Gasteiger partial charge on any atom is -0.398 e. The second kappa shape index (κ2) is 5.48. The maximum Gasteiger partial charge on any atom is 0.243 e. The van der Waals surface area contributed by atoms with Gasteiger partial charge in [0.05, 0.1) is 11.5 Å². The Hall–Kier alpha value is -1.11. The number of nitrogens with zero attached hydrogens (tertiary/aromatic N) is 1. The van der Waals surface area contributed by atoms with Crippen molar-refractivity contribution in [2.45, 2.75) is 30.7 Å². The van der Waals surface area contributed by atoms with Crippen LogP contribution in [0.5, 0.6) is 0 Å². The summed E-state index contributed by atoms with van der Waals surface area (Å²) in [6.07, 6.45) is 1.84. The molecule has 0 unspecified atom stereocenters. The Morgan fingerprint density at radius 2 is 2.11 bits per heavy atom. The van der Waals surface area contributed by atoms with Gasteiger partial charge in [0.1, 0.15) is 0 Å². The largest absolute Gasteiger partial charge is 0.398 e. The number of ether oxygens (including phenoxy) is 1. The summed E-state index contributed by atoms with van der Waals surface area (Å²) in [6.45, 7) is 2.64. The number of aryl methyl sites for hydroxylation is 1. The van der Waals surface area contributed by atoms with E-state index in [0.717, 1.165) is 18.4 Å². The number of benzene rings is 1. The van der Waals surface area contributed by atoms with E-state index < -0.39 is 10.0 Å². The van der Waals surface area contributed by atoms with Crippen LogP contribution >= 0.6 is 0 Å². The lowest BCUT2D eigenvalue weighted by Crippen LogP contribution is -2.35. The topological polar surface area (TPSA) is 72.6 Å². The van der Waals surface area contributed by atoms with Gasteiger partial charge in [-0.25, -0.2) is 8.42 Å². The molecule has 0 atom stereocenters. The summed E-state index contributed by atoms with van der Waals surface area (Å²) < 4.78 is 31.7. The van der Waals surface area contributed by atoms with Gasteiger partial charge >= 0.3 is 0 Å². The van der Waals surface area contributed by atoms with E-state index in [9.17, 15) is 8.42 Å². The molecule has 0 amide bonds. The summed E-state index contributed by atoms with van der Waals surface area (Å²) in [6, 6.07) is 5.00. The summed E-state index contributed by atoms with van der Waals surface area (Å²) >= 11 is 0. The van der Waals surface area contributed by atoms with Gasteiger partial charge in [0.15, 0.2) is 0 Å². The van der Waals surface area contributed by atoms with E-state index in [-0.39, 0.29) is 10.9 Å². The predicted molar refractivity (Wildman–Crippen MR) is 74.4 cm³/mol. The number of anilines is 1. The third-order valence-corrected chi connectivity index (χ3v) is 5.28. The van der Waals surface area contributed by atoms with Crippen LogP contribution in [0.25, 0.3) is 0 Å². The molecule has 6 heteroatoms. The first kappa shape index (κ1) is 14.3. The smallest absolute Gasteiger partial charge is 0.243 e. The summed E-state index contributed by atoms with van der Waals surface area (Å²) in [4.78, 5) is 0.263. The molecule has 0 bridgehead atoms. The van der Waals surface area contributed by atoms with E-state index in [0.29, 0.717) is 18.8 Å². The highest BCUT2D eigenvalue weighted by molar-refractivity contribution is 7.89. The Bertz CT molecular complexity index is 553. The van der Waals surface area contributed by atoms with Crippen molar-refractivity contribution in [2.75, 3.05) is 26.0 Å². The Morgan fingerprint density at radius 3 is 2.63 bits per heavy atom. The summed E-state index contributed by atoms with van der Waals surface area (Å²) in [7, 11) is -1.91. The van der Waals surface area contributed by atoms with Gasteiger partial charge in [-0.1, -0.05) is 6.07 Å². The molecular weight excluding hydrogens is 264 g/mol. The minimum absolute atomic E-state index is 0.114. The minimum atomic E-state index is -3.48. The molecule has 0 radical (unpaired) electrons. The monoisotopic (exact) mass is 284 g/mol. The fourth-order valence-electron chi connectivity index (χ4n) is 1.96. The molecule has 0 heterocycles. The Morgan fingerprint density at radius 1 is 1.42 bits per heavy atom. The lowest BCUT2D eigenvalue weighted by atomic mass is 10.2. The molecule has 0 spiro atoms. The number of hydrogen-bond donors (Lipinski definition) is 1. The number of hydrogen-bond acceptors (Lipinski definition) is 4. The fraction of sp³-hybridized carbons (Fsp3) is 0.538. The quantitative estimate of drug-likeness (QED) is 0.801. The molecule has 19 heavy (non-hydrogen) atoms. The number of methoxy groups -OCH3 is 1. The van der Waals surface area contributed by atoms with E-state index in [4.69, 9.17) is 10.5 Å². The Labute approximate surface area is 114 Å². The zero-order valence-corrected chi connectivity index (χ0v) is 12.1. The van der Waals surface area contributed by atoms with Gasteiger partial charge in [0.2, 0.25) is 10.0 Å². The first-order chi connectivity index (χ1) is 8.96. The van der Waals surface area contributed by atoms with Crippen LogP contribution in [0.2, 0.25) is 0 Å². The van der Waals surface area contributed by atoms with Crippen molar-refractivity contribution in [3.05, 3.63) is 23.8 Å². The molecule has 0 aliphatic heterocycles. The first-order valence-corrected chi connectivity index (χ1v) is 7.77. The highest BCUT2D eigenvalue weighted by Crippen LogP contribution is 2.32.